The van der Waals surface area contributed by atoms with Crippen molar-refractivity contribution < 1.29 is 24.1 Å². The van der Waals surface area contributed by atoms with E-state index >= 15 is 0 Å². The maximum Gasteiger partial charge on any atom is 0.345 e. The van der Waals surface area contributed by atoms with Crippen LogP contribution in [0.4, 0.5) is 0 Å². The minimum absolute atomic E-state index is 0.130. The fourth-order valence-corrected chi connectivity index (χ4v) is 6.03. The van der Waals surface area contributed by atoms with Gasteiger partial charge in [0.2, 0.25) is 5.79 Å². The van der Waals surface area contributed by atoms with Gasteiger partial charge in [-0.15, -0.1) is 11.6 Å². The predicted molar refractivity (Wildman–Crippen MR) is 131 cm³/mol. The molecule has 0 aromatic heterocycles. The quantitative estimate of drug-likeness (QED) is 0.271. The first-order chi connectivity index (χ1) is 16.3. The first-order valence-corrected chi connectivity index (χ1v) is 13.9. The topological polar surface area (TPSA) is 89.1 Å². The van der Waals surface area contributed by atoms with Crippen molar-refractivity contribution in [1.82, 2.24) is 10.6 Å². The summed E-state index contributed by atoms with van der Waals surface area (Å²) in [6, 6.07) is 0.203. The average molecular weight is 499 g/mol. The smallest absolute Gasteiger partial charge is 0.345 e. The molecule has 3 N–H and O–H groups in total. The molecule has 34 heavy (non-hydrogen) atoms. The fraction of sp³-hybridized carbons (Fsp3) is 0.885. The molecule has 0 radical (unpaired) electrons. The van der Waals surface area contributed by atoms with Crippen molar-refractivity contribution in [2.75, 3.05) is 6.54 Å². The lowest BCUT2D eigenvalue weighted by molar-refractivity contribution is -0.280. The highest BCUT2D eigenvalue weighted by molar-refractivity contribution is 6.20. The molecular formula is C26H43ClN2O5. The zero-order chi connectivity index (χ0) is 24.1. The molecule has 4 aliphatic rings. The maximum absolute atomic E-state index is 12.8. The molecule has 1 heterocycles. The van der Waals surface area contributed by atoms with Crippen LogP contribution in [0.5, 0.6) is 0 Å². The summed E-state index contributed by atoms with van der Waals surface area (Å²) >= 11 is 6.27. The van der Waals surface area contributed by atoms with Crippen LogP contribution in [0.15, 0.2) is 11.4 Å². The summed E-state index contributed by atoms with van der Waals surface area (Å²) in [4.78, 5) is 12.8. The molecule has 0 bridgehead atoms. The van der Waals surface area contributed by atoms with Crippen molar-refractivity contribution in [2.45, 2.75) is 133 Å². The van der Waals surface area contributed by atoms with E-state index in [0.29, 0.717) is 23.9 Å². The molecule has 194 valence electrons. The Bertz CT molecular complexity index is 708. The number of alkyl halides is 1. The molecule has 1 unspecified atom stereocenters. The van der Waals surface area contributed by atoms with Crippen molar-refractivity contribution in [3.05, 3.63) is 11.4 Å². The van der Waals surface area contributed by atoms with E-state index in [1.54, 1.807) is 13.8 Å². The van der Waals surface area contributed by atoms with Crippen LogP contribution in [-0.4, -0.2) is 53.3 Å². The van der Waals surface area contributed by atoms with Crippen LogP contribution < -0.4 is 10.6 Å². The fourth-order valence-electron chi connectivity index (χ4n) is 5.77. The normalized spacial score (nSPS) is 36.5. The number of nitrogens with one attached hydrogen (secondary N) is 2. The van der Waals surface area contributed by atoms with Crippen molar-refractivity contribution in [1.29, 1.82) is 0 Å². The van der Waals surface area contributed by atoms with Gasteiger partial charge in [-0.2, -0.15) is 0 Å². The van der Waals surface area contributed by atoms with Gasteiger partial charge in [0.15, 0.2) is 6.29 Å². The van der Waals surface area contributed by atoms with Gasteiger partial charge in [0.25, 0.3) is 0 Å². The van der Waals surface area contributed by atoms with Gasteiger partial charge in [-0.05, 0) is 70.1 Å². The lowest BCUT2D eigenvalue weighted by atomic mass is 9.89. The summed E-state index contributed by atoms with van der Waals surface area (Å²) in [5.41, 5.74) is 0.130. The van der Waals surface area contributed by atoms with E-state index in [1.165, 1.54) is 32.1 Å². The van der Waals surface area contributed by atoms with Crippen molar-refractivity contribution in [2.24, 2.45) is 5.92 Å². The molecule has 8 heteroatoms. The zero-order valence-corrected chi connectivity index (χ0v) is 21.6. The molecule has 0 amide bonds. The second-order valence-corrected chi connectivity index (χ2v) is 11.7. The third-order valence-corrected chi connectivity index (χ3v) is 8.21. The Morgan fingerprint density at radius 1 is 1.00 bits per heavy atom. The molecule has 4 rings (SSSR count). The maximum atomic E-state index is 12.8. The van der Waals surface area contributed by atoms with Crippen LogP contribution in [0.25, 0.3) is 0 Å². The van der Waals surface area contributed by atoms with Gasteiger partial charge in [0.1, 0.15) is 11.4 Å². The summed E-state index contributed by atoms with van der Waals surface area (Å²) < 4.78 is 17.4. The lowest BCUT2D eigenvalue weighted by Gasteiger charge is -2.37. The van der Waals surface area contributed by atoms with Gasteiger partial charge in [0, 0.05) is 31.8 Å². The minimum Gasteiger partial charge on any atom is -0.430 e. The van der Waals surface area contributed by atoms with Gasteiger partial charge < -0.3 is 30.0 Å². The molecule has 0 aromatic carbocycles. The second-order valence-electron chi connectivity index (χ2n) is 11.1. The molecular weight excluding hydrogens is 456 g/mol. The largest absolute Gasteiger partial charge is 0.430 e. The van der Waals surface area contributed by atoms with Crippen LogP contribution in [0.1, 0.15) is 97.3 Å². The molecule has 3 saturated carbocycles. The highest BCUT2D eigenvalue weighted by atomic mass is 35.5. The van der Waals surface area contributed by atoms with Crippen LogP contribution in [0.3, 0.4) is 0 Å². The zero-order valence-electron chi connectivity index (χ0n) is 20.8. The molecule has 3 aliphatic carbocycles. The number of aliphatic hydroxyl groups is 1. The first-order valence-electron chi connectivity index (χ1n) is 13.4. The first kappa shape index (κ1) is 26.1. The van der Waals surface area contributed by atoms with E-state index in [0.717, 1.165) is 57.9 Å². The van der Waals surface area contributed by atoms with Crippen molar-refractivity contribution >= 4 is 17.6 Å². The Kier molecular flexibility index (Phi) is 9.05. The number of ether oxygens (including phenoxy) is 3. The van der Waals surface area contributed by atoms with Crippen LogP contribution in [0, 0.1) is 5.92 Å². The van der Waals surface area contributed by atoms with E-state index in [4.69, 9.17) is 25.8 Å². The Morgan fingerprint density at radius 2 is 1.65 bits per heavy atom. The number of rotatable bonds is 7. The Morgan fingerprint density at radius 3 is 2.29 bits per heavy atom. The molecule has 7 nitrogen and oxygen atoms in total. The summed E-state index contributed by atoms with van der Waals surface area (Å²) in [6.45, 7) is 3.98. The van der Waals surface area contributed by atoms with E-state index in [1.807, 2.05) is 0 Å². The number of esters is 1. The number of hydrogen-bond acceptors (Lipinski definition) is 7. The Labute approximate surface area is 209 Å². The van der Waals surface area contributed by atoms with Crippen LogP contribution >= 0.6 is 11.6 Å². The molecule has 1 saturated heterocycles. The van der Waals surface area contributed by atoms with Crippen LogP contribution in [-0.2, 0) is 19.0 Å². The predicted octanol–water partition coefficient (Wildman–Crippen LogP) is 4.46. The van der Waals surface area contributed by atoms with Crippen molar-refractivity contribution in [3.8, 4) is 0 Å². The van der Waals surface area contributed by atoms with E-state index in [9.17, 15) is 9.90 Å². The number of halogens is 1. The number of hydrogen-bond donors (Lipinski definition) is 3. The van der Waals surface area contributed by atoms with Gasteiger partial charge in [-0.1, -0.05) is 19.3 Å². The lowest BCUT2D eigenvalue weighted by Crippen LogP contribution is -2.49. The SMILES string of the molecule is CC1(C)OC(=O)/C(=C(/NCC2CCC(Cl)CC2)NC2CCC(OC3CCCCC3)CC2)C(O)O1. The second kappa shape index (κ2) is 11.8. The van der Waals surface area contributed by atoms with Crippen molar-refractivity contribution in [3.63, 3.8) is 0 Å². The molecule has 4 fully saturated rings. The summed E-state index contributed by atoms with van der Waals surface area (Å²) in [7, 11) is 0. The number of carbonyl (C=O) groups excluding carboxylic acids is 1. The van der Waals surface area contributed by atoms with E-state index < -0.39 is 18.0 Å². The Hall–Kier alpha value is -1.02. The summed E-state index contributed by atoms with van der Waals surface area (Å²) in [5, 5.41) is 17.9. The van der Waals surface area contributed by atoms with E-state index in [2.05, 4.69) is 10.6 Å². The molecule has 0 spiro atoms. The molecule has 1 atom stereocenters. The summed E-state index contributed by atoms with van der Waals surface area (Å²) in [5.74, 6) is -0.672. The molecule has 0 aromatic rings. The minimum atomic E-state index is -1.34. The standard InChI is InChI=1S/C26H43ClN2O5/c1-26(2)33-24(30)22(25(31)34-26)23(28-16-17-8-10-18(27)11-9-17)29-19-12-14-21(15-13-19)32-20-6-4-3-5-7-20/h17-21,24,28-30H,3-16H2,1-2H3/b23-22-. The van der Waals surface area contributed by atoms with Crippen LogP contribution in [0.2, 0.25) is 0 Å². The third kappa shape index (κ3) is 7.25. The van der Waals surface area contributed by atoms with E-state index in [-0.39, 0.29) is 17.0 Å². The highest BCUT2D eigenvalue weighted by Gasteiger charge is 2.41. The number of carbonyl (C=O) groups is 1. The monoisotopic (exact) mass is 498 g/mol. The average Bonchev–Trinajstić information content (AvgIpc) is 2.79. The van der Waals surface area contributed by atoms with Gasteiger partial charge in [-0.3, -0.25) is 0 Å². The van der Waals surface area contributed by atoms with Gasteiger partial charge in [-0.25, -0.2) is 4.79 Å². The number of aliphatic hydroxyl groups excluding tert-OH is 1. The van der Waals surface area contributed by atoms with Gasteiger partial charge >= 0.3 is 5.97 Å². The molecule has 1 aliphatic heterocycles. The third-order valence-electron chi connectivity index (χ3n) is 7.77. The Balaban J connectivity index is 1.37. The summed E-state index contributed by atoms with van der Waals surface area (Å²) in [6.07, 6.45) is 13.8. The number of cyclic esters (lactones) is 1. The highest BCUT2D eigenvalue weighted by Crippen LogP contribution is 2.31. The van der Waals surface area contributed by atoms with Gasteiger partial charge in [0.05, 0.1) is 12.2 Å².